The average molecular weight is 367 g/mol. The van der Waals surface area contributed by atoms with Crippen LogP contribution in [0.2, 0.25) is 0 Å². The number of furan rings is 1. The molecule has 1 aliphatic heterocycles. The monoisotopic (exact) mass is 367 g/mol. The fourth-order valence-electron chi connectivity index (χ4n) is 4.57. The Hall–Kier alpha value is -2.14. The predicted octanol–water partition coefficient (Wildman–Crippen LogP) is 3.97. The first-order valence-corrected chi connectivity index (χ1v) is 10.3. The Balaban J connectivity index is 1.39. The van der Waals surface area contributed by atoms with Crippen LogP contribution >= 0.6 is 0 Å². The normalized spacial score (nSPS) is 19.4. The largest absolute Gasteiger partial charge is 0.459 e. The molecular weight excluding hydrogens is 338 g/mol. The minimum Gasteiger partial charge on any atom is -0.459 e. The topological polar surface area (TPSA) is 49.6 Å². The van der Waals surface area contributed by atoms with E-state index in [1.165, 1.54) is 51.6 Å². The van der Waals surface area contributed by atoms with Gasteiger partial charge >= 0.3 is 0 Å². The van der Waals surface area contributed by atoms with Crippen LogP contribution in [0.3, 0.4) is 0 Å². The third-order valence-corrected chi connectivity index (χ3v) is 6.08. The Morgan fingerprint density at radius 1 is 1.15 bits per heavy atom. The molecule has 2 aromatic heterocycles. The second-order valence-electron chi connectivity index (χ2n) is 7.94. The molecule has 27 heavy (non-hydrogen) atoms. The number of amides is 1. The molecule has 2 aromatic rings. The van der Waals surface area contributed by atoms with Gasteiger partial charge in [0.25, 0.3) is 5.91 Å². The van der Waals surface area contributed by atoms with Gasteiger partial charge in [-0.3, -0.25) is 9.78 Å². The maximum absolute atomic E-state index is 13.0. The highest BCUT2D eigenvalue weighted by Gasteiger charge is 2.29. The Bertz CT molecular complexity index is 702. The molecule has 2 fully saturated rings. The molecule has 144 valence electrons. The van der Waals surface area contributed by atoms with Gasteiger partial charge in [0, 0.05) is 31.5 Å². The Kier molecular flexibility index (Phi) is 5.87. The molecule has 0 unspecified atom stereocenters. The number of hydrogen-bond acceptors (Lipinski definition) is 4. The highest BCUT2D eigenvalue weighted by atomic mass is 16.3. The Morgan fingerprint density at radius 3 is 2.63 bits per heavy atom. The third-order valence-electron chi connectivity index (χ3n) is 6.08. The van der Waals surface area contributed by atoms with Crippen molar-refractivity contribution in [2.45, 2.75) is 51.1 Å². The van der Waals surface area contributed by atoms with Crippen LogP contribution in [-0.2, 0) is 6.54 Å². The molecular formula is C22H29N3O2. The lowest BCUT2D eigenvalue weighted by atomic mass is 9.94. The molecule has 4 rings (SSSR count). The first kappa shape index (κ1) is 18.2. The van der Waals surface area contributed by atoms with Crippen LogP contribution in [0.4, 0.5) is 0 Å². The van der Waals surface area contributed by atoms with E-state index in [-0.39, 0.29) is 5.91 Å². The zero-order chi connectivity index (χ0) is 18.5. The lowest BCUT2D eigenvalue weighted by Crippen LogP contribution is -2.43. The second-order valence-corrected chi connectivity index (χ2v) is 7.94. The van der Waals surface area contributed by atoms with Crippen molar-refractivity contribution in [2.75, 3.05) is 19.6 Å². The average Bonchev–Trinajstić information content (AvgIpc) is 3.42. The summed E-state index contributed by atoms with van der Waals surface area (Å²) in [5, 5.41) is 0. The van der Waals surface area contributed by atoms with Gasteiger partial charge in [0.15, 0.2) is 5.76 Å². The molecule has 1 amide bonds. The Labute approximate surface area is 161 Å². The molecule has 0 aromatic carbocycles. The molecule has 0 N–H and O–H groups in total. The van der Waals surface area contributed by atoms with Crippen molar-refractivity contribution in [1.82, 2.24) is 14.8 Å². The number of hydrogen-bond donors (Lipinski definition) is 0. The Morgan fingerprint density at radius 2 is 1.96 bits per heavy atom. The molecule has 0 radical (unpaired) electrons. The summed E-state index contributed by atoms with van der Waals surface area (Å²) in [6.07, 6.45) is 13.0. The van der Waals surface area contributed by atoms with E-state index < -0.39 is 0 Å². The number of carbonyl (C=O) groups excluding carboxylic acids is 1. The first-order chi connectivity index (χ1) is 13.3. The summed E-state index contributed by atoms with van der Waals surface area (Å²) in [7, 11) is 0. The van der Waals surface area contributed by atoms with E-state index in [1.54, 1.807) is 24.6 Å². The molecule has 5 nitrogen and oxygen atoms in total. The minimum absolute atomic E-state index is 0.0259. The van der Waals surface area contributed by atoms with E-state index >= 15 is 0 Å². The number of aromatic nitrogens is 1. The molecule has 1 saturated heterocycles. The molecule has 3 heterocycles. The standard InChI is InChI=1S/C22H29N3O2/c26-22(21-8-4-14-27-21)25(17-19-5-3-11-23-15-19)16-18-9-12-24(13-10-18)20-6-1-2-7-20/h3-5,8,11,14-15,18,20H,1-2,6-7,9-10,12-13,16-17H2. The summed E-state index contributed by atoms with van der Waals surface area (Å²) in [5.41, 5.74) is 1.06. The van der Waals surface area contributed by atoms with Gasteiger partial charge < -0.3 is 14.2 Å². The number of carbonyl (C=O) groups is 1. The molecule has 0 spiro atoms. The van der Waals surface area contributed by atoms with Crippen molar-refractivity contribution < 1.29 is 9.21 Å². The zero-order valence-corrected chi connectivity index (χ0v) is 15.9. The fraction of sp³-hybridized carbons (Fsp3) is 0.545. The molecule has 1 saturated carbocycles. The summed E-state index contributed by atoms with van der Waals surface area (Å²) >= 11 is 0. The molecule has 0 bridgehead atoms. The van der Waals surface area contributed by atoms with Gasteiger partial charge in [-0.15, -0.1) is 0 Å². The first-order valence-electron chi connectivity index (χ1n) is 10.3. The van der Waals surface area contributed by atoms with Crippen molar-refractivity contribution in [3.05, 3.63) is 54.2 Å². The molecule has 5 heteroatoms. The maximum atomic E-state index is 13.0. The summed E-state index contributed by atoms with van der Waals surface area (Å²) in [6.45, 7) is 3.71. The van der Waals surface area contributed by atoms with E-state index in [2.05, 4.69) is 9.88 Å². The van der Waals surface area contributed by atoms with E-state index in [1.807, 2.05) is 23.2 Å². The van der Waals surface area contributed by atoms with E-state index in [0.717, 1.165) is 18.2 Å². The van der Waals surface area contributed by atoms with Crippen molar-refractivity contribution in [3.63, 3.8) is 0 Å². The molecule has 1 aliphatic carbocycles. The number of likely N-dealkylation sites (tertiary alicyclic amines) is 1. The number of pyridine rings is 1. The fourth-order valence-corrected chi connectivity index (χ4v) is 4.57. The smallest absolute Gasteiger partial charge is 0.289 e. The van der Waals surface area contributed by atoms with E-state index in [4.69, 9.17) is 4.42 Å². The lowest BCUT2D eigenvalue weighted by Gasteiger charge is -2.37. The van der Waals surface area contributed by atoms with E-state index in [9.17, 15) is 4.79 Å². The van der Waals surface area contributed by atoms with Crippen molar-refractivity contribution in [3.8, 4) is 0 Å². The second kappa shape index (κ2) is 8.70. The van der Waals surface area contributed by atoms with Gasteiger partial charge in [0.05, 0.1) is 6.26 Å². The SMILES string of the molecule is O=C(c1ccco1)N(Cc1cccnc1)CC1CCN(C2CCCC2)CC1. The maximum Gasteiger partial charge on any atom is 0.289 e. The van der Waals surface area contributed by atoms with Crippen molar-refractivity contribution >= 4 is 5.91 Å². The highest BCUT2D eigenvalue weighted by Crippen LogP contribution is 2.28. The zero-order valence-electron chi connectivity index (χ0n) is 15.9. The van der Waals surface area contributed by atoms with Gasteiger partial charge in [-0.05, 0) is 68.5 Å². The summed E-state index contributed by atoms with van der Waals surface area (Å²) in [5.74, 6) is 0.947. The van der Waals surface area contributed by atoms with Crippen LogP contribution in [0, 0.1) is 5.92 Å². The van der Waals surface area contributed by atoms with Gasteiger partial charge in [-0.1, -0.05) is 18.9 Å². The number of rotatable bonds is 6. The van der Waals surface area contributed by atoms with Gasteiger partial charge in [-0.2, -0.15) is 0 Å². The molecule has 0 atom stereocenters. The molecule has 2 aliphatic rings. The van der Waals surface area contributed by atoms with Crippen LogP contribution < -0.4 is 0 Å². The van der Waals surface area contributed by atoms with Crippen LogP contribution in [0.1, 0.15) is 54.6 Å². The number of nitrogens with zero attached hydrogens (tertiary/aromatic N) is 3. The van der Waals surface area contributed by atoms with Crippen molar-refractivity contribution in [1.29, 1.82) is 0 Å². The lowest BCUT2D eigenvalue weighted by molar-refractivity contribution is 0.0620. The minimum atomic E-state index is -0.0259. The predicted molar refractivity (Wildman–Crippen MR) is 104 cm³/mol. The van der Waals surface area contributed by atoms with Crippen molar-refractivity contribution in [2.24, 2.45) is 5.92 Å². The summed E-state index contributed by atoms with van der Waals surface area (Å²) < 4.78 is 5.37. The summed E-state index contributed by atoms with van der Waals surface area (Å²) in [4.78, 5) is 21.8. The highest BCUT2D eigenvalue weighted by molar-refractivity contribution is 5.91. The van der Waals surface area contributed by atoms with Crippen LogP contribution in [0.5, 0.6) is 0 Å². The van der Waals surface area contributed by atoms with Gasteiger partial charge in [0.2, 0.25) is 0 Å². The van der Waals surface area contributed by atoms with Crippen LogP contribution in [0.25, 0.3) is 0 Å². The van der Waals surface area contributed by atoms with Crippen LogP contribution in [-0.4, -0.2) is 46.4 Å². The van der Waals surface area contributed by atoms with Gasteiger partial charge in [-0.25, -0.2) is 0 Å². The van der Waals surface area contributed by atoms with E-state index in [0.29, 0.717) is 18.2 Å². The third kappa shape index (κ3) is 4.59. The summed E-state index contributed by atoms with van der Waals surface area (Å²) in [6, 6.07) is 8.28. The quantitative estimate of drug-likeness (QED) is 0.775. The van der Waals surface area contributed by atoms with Gasteiger partial charge in [0.1, 0.15) is 0 Å². The number of piperidine rings is 1. The van der Waals surface area contributed by atoms with Crippen LogP contribution in [0.15, 0.2) is 47.3 Å².